The van der Waals surface area contributed by atoms with Crippen molar-refractivity contribution in [2.24, 2.45) is 5.92 Å². The molecule has 27 heavy (non-hydrogen) atoms. The van der Waals surface area contributed by atoms with Crippen molar-refractivity contribution in [3.05, 3.63) is 36.4 Å². The number of methoxy groups -OCH3 is 1. The van der Waals surface area contributed by atoms with Gasteiger partial charge in [-0.3, -0.25) is 0 Å². The van der Waals surface area contributed by atoms with Crippen LogP contribution in [0.25, 0.3) is 21.9 Å². The van der Waals surface area contributed by atoms with E-state index in [1.165, 1.54) is 12.8 Å². The average Bonchev–Trinajstić information content (AvgIpc) is 3.43. The summed E-state index contributed by atoms with van der Waals surface area (Å²) in [7, 11) is 1.59. The van der Waals surface area contributed by atoms with Crippen LogP contribution in [0, 0.1) is 5.92 Å². The molecule has 2 N–H and O–H groups in total. The molecule has 3 aromatic rings. The van der Waals surface area contributed by atoms with E-state index < -0.39 is 0 Å². The van der Waals surface area contributed by atoms with Crippen LogP contribution in [0.5, 0.6) is 5.75 Å². The predicted octanol–water partition coefficient (Wildman–Crippen LogP) is 4.53. The molecule has 142 valence electrons. The van der Waals surface area contributed by atoms with Gasteiger partial charge < -0.3 is 24.5 Å². The number of para-hydroxylation sites is 1. The molecule has 0 bridgehead atoms. The Labute approximate surface area is 157 Å². The van der Waals surface area contributed by atoms with Gasteiger partial charge in [-0.1, -0.05) is 18.2 Å². The second-order valence-corrected chi connectivity index (χ2v) is 6.90. The maximum absolute atomic E-state index is 12.2. The third kappa shape index (κ3) is 4.17. The molecule has 1 saturated carbocycles. The average molecular weight is 368 g/mol. The molecule has 0 saturated heterocycles. The molecule has 1 aliphatic carbocycles. The molecule has 6 heteroatoms. The first-order valence-electron chi connectivity index (χ1n) is 9.36. The SMILES string of the molecule is COc1cc2c(cc1NC(=O)NCCCOCC1CC1)oc1ccccc12. The van der Waals surface area contributed by atoms with Gasteiger partial charge in [-0.15, -0.1) is 0 Å². The van der Waals surface area contributed by atoms with Gasteiger partial charge in [0.15, 0.2) is 0 Å². The second kappa shape index (κ2) is 7.88. The summed E-state index contributed by atoms with van der Waals surface area (Å²) in [6.07, 6.45) is 3.37. The highest BCUT2D eigenvalue weighted by atomic mass is 16.5. The zero-order chi connectivity index (χ0) is 18.6. The third-order valence-corrected chi connectivity index (χ3v) is 4.75. The largest absolute Gasteiger partial charge is 0.495 e. The molecule has 0 spiro atoms. The molecular formula is C21H24N2O4. The summed E-state index contributed by atoms with van der Waals surface area (Å²) in [5.41, 5.74) is 2.09. The van der Waals surface area contributed by atoms with Crippen molar-refractivity contribution in [2.75, 3.05) is 32.2 Å². The van der Waals surface area contributed by atoms with Crippen LogP contribution in [0.3, 0.4) is 0 Å². The predicted molar refractivity (Wildman–Crippen MR) is 105 cm³/mol. The van der Waals surface area contributed by atoms with Gasteiger partial charge in [-0.05, 0) is 37.3 Å². The Morgan fingerprint density at radius 1 is 1.19 bits per heavy atom. The van der Waals surface area contributed by atoms with Crippen molar-refractivity contribution in [1.82, 2.24) is 5.32 Å². The quantitative estimate of drug-likeness (QED) is 0.573. The number of fused-ring (bicyclic) bond motifs is 3. The number of carbonyl (C=O) groups excluding carboxylic acids is 1. The molecule has 0 radical (unpaired) electrons. The summed E-state index contributed by atoms with van der Waals surface area (Å²) in [4.78, 5) is 12.2. The van der Waals surface area contributed by atoms with Crippen molar-refractivity contribution in [1.29, 1.82) is 0 Å². The first kappa shape index (κ1) is 17.7. The first-order valence-corrected chi connectivity index (χ1v) is 9.36. The minimum Gasteiger partial charge on any atom is -0.495 e. The molecule has 0 atom stereocenters. The third-order valence-electron chi connectivity index (χ3n) is 4.75. The Kier molecular flexibility index (Phi) is 5.16. The van der Waals surface area contributed by atoms with E-state index in [4.69, 9.17) is 13.9 Å². The molecule has 0 unspecified atom stereocenters. The van der Waals surface area contributed by atoms with Crippen molar-refractivity contribution < 1.29 is 18.7 Å². The standard InChI is InChI=1S/C21H24N2O4/c1-25-20-11-16-15-5-2-3-6-18(15)27-19(16)12-17(20)23-21(24)22-9-4-10-26-13-14-7-8-14/h2-3,5-6,11-12,14H,4,7-10,13H2,1H3,(H2,22,23,24). The van der Waals surface area contributed by atoms with E-state index in [1.807, 2.05) is 30.3 Å². The van der Waals surface area contributed by atoms with E-state index in [1.54, 1.807) is 13.2 Å². The van der Waals surface area contributed by atoms with E-state index in [9.17, 15) is 4.79 Å². The fraction of sp³-hybridized carbons (Fsp3) is 0.381. The lowest BCUT2D eigenvalue weighted by Gasteiger charge is -2.11. The highest BCUT2D eigenvalue weighted by Crippen LogP contribution is 2.36. The fourth-order valence-corrected chi connectivity index (χ4v) is 3.10. The van der Waals surface area contributed by atoms with Gasteiger partial charge in [0, 0.05) is 36.6 Å². The van der Waals surface area contributed by atoms with Crippen LogP contribution in [0.15, 0.2) is 40.8 Å². The number of anilines is 1. The highest BCUT2D eigenvalue weighted by Gasteiger charge is 2.20. The number of furan rings is 1. The number of benzene rings is 2. The molecule has 1 aliphatic rings. The number of hydrogen-bond acceptors (Lipinski definition) is 4. The number of hydrogen-bond donors (Lipinski definition) is 2. The summed E-state index contributed by atoms with van der Waals surface area (Å²) in [6, 6.07) is 11.2. The van der Waals surface area contributed by atoms with Gasteiger partial charge in [0.1, 0.15) is 16.9 Å². The lowest BCUT2D eigenvalue weighted by molar-refractivity contribution is 0.122. The van der Waals surface area contributed by atoms with Crippen molar-refractivity contribution in [2.45, 2.75) is 19.3 Å². The lowest BCUT2D eigenvalue weighted by atomic mass is 10.1. The summed E-state index contributed by atoms with van der Waals surface area (Å²) >= 11 is 0. The molecule has 2 amide bonds. The van der Waals surface area contributed by atoms with Gasteiger partial charge in [-0.2, -0.15) is 0 Å². The van der Waals surface area contributed by atoms with Crippen LogP contribution in [0.1, 0.15) is 19.3 Å². The molecule has 2 aromatic carbocycles. The van der Waals surface area contributed by atoms with Gasteiger partial charge >= 0.3 is 6.03 Å². The van der Waals surface area contributed by atoms with Gasteiger partial charge in [0.2, 0.25) is 0 Å². The molecule has 1 heterocycles. The highest BCUT2D eigenvalue weighted by molar-refractivity contribution is 6.07. The molecular weight excluding hydrogens is 344 g/mol. The number of carbonyl (C=O) groups is 1. The zero-order valence-electron chi connectivity index (χ0n) is 15.4. The number of ether oxygens (including phenoxy) is 2. The van der Waals surface area contributed by atoms with Crippen molar-refractivity contribution in [3.8, 4) is 5.75 Å². The Balaban J connectivity index is 1.38. The summed E-state index contributed by atoms with van der Waals surface area (Å²) < 4.78 is 16.9. The molecule has 4 rings (SSSR count). The number of amides is 2. The Hall–Kier alpha value is -2.73. The lowest BCUT2D eigenvalue weighted by Crippen LogP contribution is -2.30. The second-order valence-electron chi connectivity index (χ2n) is 6.90. The monoisotopic (exact) mass is 368 g/mol. The number of rotatable bonds is 8. The first-order chi connectivity index (χ1) is 13.2. The molecule has 0 aliphatic heterocycles. The molecule has 6 nitrogen and oxygen atoms in total. The van der Waals surface area contributed by atoms with Gasteiger partial charge in [-0.25, -0.2) is 4.79 Å². The van der Waals surface area contributed by atoms with E-state index in [0.717, 1.165) is 35.3 Å². The van der Waals surface area contributed by atoms with E-state index in [2.05, 4.69) is 10.6 Å². The van der Waals surface area contributed by atoms with Crippen LogP contribution in [0.4, 0.5) is 10.5 Å². The summed E-state index contributed by atoms with van der Waals surface area (Å²) in [5.74, 6) is 1.36. The normalized spacial score (nSPS) is 13.8. The topological polar surface area (TPSA) is 72.7 Å². The Bertz CT molecular complexity index is 946. The minimum atomic E-state index is -0.272. The van der Waals surface area contributed by atoms with Gasteiger partial charge in [0.25, 0.3) is 0 Å². The fourth-order valence-electron chi connectivity index (χ4n) is 3.10. The maximum atomic E-state index is 12.2. The summed E-state index contributed by atoms with van der Waals surface area (Å²) in [6.45, 7) is 2.08. The van der Waals surface area contributed by atoms with Gasteiger partial charge in [0.05, 0.1) is 12.8 Å². The zero-order valence-corrected chi connectivity index (χ0v) is 15.4. The number of nitrogens with one attached hydrogen (secondary N) is 2. The van der Waals surface area contributed by atoms with Crippen LogP contribution in [-0.2, 0) is 4.74 Å². The minimum absolute atomic E-state index is 0.272. The number of urea groups is 1. The van der Waals surface area contributed by atoms with E-state index in [0.29, 0.717) is 30.2 Å². The molecule has 1 aromatic heterocycles. The molecule has 1 fully saturated rings. The van der Waals surface area contributed by atoms with Crippen molar-refractivity contribution in [3.63, 3.8) is 0 Å². The van der Waals surface area contributed by atoms with Crippen LogP contribution in [-0.4, -0.2) is 32.9 Å². The maximum Gasteiger partial charge on any atom is 0.319 e. The Morgan fingerprint density at radius 2 is 2.04 bits per heavy atom. The van der Waals surface area contributed by atoms with Crippen LogP contribution in [0.2, 0.25) is 0 Å². The van der Waals surface area contributed by atoms with Crippen LogP contribution < -0.4 is 15.4 Å². The summed E-state index contributed by atoms with van der Waals surface area (Å²) in [5, 5.41) is 7.67. The van der Waals surface area contributed by atoms with E-state index in [-0.39, 0.29) is 6.03 Å². The smallest absolute Gasteiger partial charge is 0.319 e. The van der Waals surface area contributed by atoms with Crippen LogP contribution >= 0.6 is 0 Å². The Morgan fingerprint density at radius 3 is 2.85 bits per heavy atom. The van der Waals surface area contributed by atoms with Crippen molar-refractivity contribution >= 4 is 33.7 Å². The van der Waals surface area contributed by atoms with E-state index >= 15 is 0 Å².